The standard InChI is InChI=1S/C17H13IO3/c1-10-14-8-7-13(20-2)9-15(14)21-17(19)16(10)11-3-5-12(18)6-4-11/h3-9H,1-2H3. The van der Waals surface area contributed by atoms with E-state index in [2.05, 4.69) is 22.6 Å². The quantitative estimate of drug-likeness (QED) is 0.480. The Hall–Kier alpha value is -1.82. The largest absolute Gasteiger partial charge is 0.497 e. The third-order valence-corrected chi connectivity index (χ3v) is 4.23. The molecule has 1 aromatic heterocycles. The van der Waals surface area contributed by atoms with Gasteiger partial charge < -0.3 is 9.15 Å². The predicted octanol–water partition coefficient (Wildman–Crippen LogP) is 4.38. The number of fused-ring (bicyclic) bond motifs is 1. The van der Waals surface area contributed by atoms with Crippen LogP contribution < -0.4 is 10.4 Å². The van der Waals surface area contributed by atoms with Crippen LogP contribution in [0.25, 0.3) is 22.1 Å². The summed E-state index contributed by atoms with van der Waals surface area (Å²) < 4.78 is 11.8. The Morgan fingerprint density at radius 2 is 1.81 bits per heavy atom. The summed E-state index contributed by atoms with van der Waals surface area (Å²) in [4.78, 5) is 12.3. The fraction of sp³-hybridized carbons (Fsp3) is 0.118. The predicted molar refractivity (Wildman–Crippen MR) is 91.9 cm³/mol. The molecule has 0 amide bonds. The van der Waals surface area contributed by atoms with Crippen molar-refractivity contribution >= 4 is 33.6 Å². The van der Waals surface area contributed by atoms with E-state index < -0.39 is 0 Å². The maximum Gasteiger partial charge on any atom is 0.344 e. The molecule has 0 saturated carbocycles. The van der Waals surface area contributed by atoms with Crippen molar-refractivity contribution in [3.63, 3.8) is 0 Å². The van der Waals surface area contributed by atoms with Crippen molar-refractivity contribution in [1.82, 2.24) is 0 Å². The molecule has 3 rings (SSSR count). The molecule has 0 bridgehead atoms. The van der Waals surface area contributed by atoms with Gasteiger partial charge in [-0.05, 0) is 64.9 Å². The molecule has 0 saturated heterocycles. The van der Waals surface area contributed by atoms with Gasteiger partial charge in [-0.3, -0.25) is 0 Å². The van der Waals surface area contributed by atoms with Crippen LogP contribution in [0, 0.1) is 10.5 Å². The summed E-state index contributed by atoms with van der Waals surface area (Å²) in [7, 11) is 1.59. The van der Waals surface area contributed by atoms with Crippen LogP contribution in [0.2, 0.25) is 0 Å². The van der Waals surface area contributed by atoms with Crippen molar-refractivity contribution in [1.29, 1.82) is 0 Å². The maximum atomic E-state index is 12.3. The number of benzene rings is 2. The molecule has 2 aromatic carbocycles. The zero-order valence-corrected chi connectivity index (χ0v) is 13.8. The minimum Gasteiger partial charge on any atom is -0.497 e. The highest BCUT2D eigenvalue weighted by Gasteiger charge is 2.13. The third kappa shape index (κ3) is 2.55. The van der Waals surface area contributed by atoms with Crippen molar-refractivity contribution < 1.29 is 9.15 Å². The third-order valence-electron chi connectivity index (χ3n) is 3.51. The number of hydrogen-bond donors (Lipinski definition) is 0. The smallest absolute Gasteiger partial charge is 0.344 e. The van der Waals surface area contributed by atoms with Gasteiger partial charge in [-0.15, -0.1) is 0 Å². The summed E-state index contributed by atoms with van der Waals surface area (Å²) in [6.07, 6.45) is 0. The van der Waals surface area contributed by atoms with Gasteiger partial charge in [0.1, 0.15) is 11.3 Å². The molecule has 0 unspecified atom stereocenters. The van der Waals surface area contributed by atoms with Gasteiger partial charge in [-0.25, -0.2) is 4.79 Å². The molecule has 0 aliphatic heterocycles. The molecule has 106 valence electrons. The summed E-state index contributed by atoms with van der Waals surface area (Å²) >= 11 is 2.24. The van der Waals surface area contributed by atoms with Gasteiger partial charge in [0.15, 0.2) is 0 Å². The fourth-order valence-electron chi connectivity index (χ4n) is 2.41. The fourth-order valence-corrected chi connectivity index (χ4v) is 2.77. The second-order valence-corrected chi connectivity index (χ2v) is 6.00. The van der Waals surface area contributed by atoms with Crippen molar-refractivity contribution in [2.45, 2.75) is 6.92 Å². The van der Waals surface area contributed by atoms with Gasteiger partial charge in [-0.1, -0.05) is 12.1 Å². The zero-order chi connectivity index (χ0) is 15.0. The number of halogens is 1. The summed E-state index contributed by atoms with van der Waals surface area (Å²) in [5.41, 5.74) is 2.63. The summed E-state index contributed by atoms with van der Waals surface area (Å²) in [6, 6.07) is 13.4. The lowest BCUT2D eigenvalue weighted by Gasteiger charge is -2.09. The first-order chi connectivity index (χ1) is 10.1. The Morgan fingerprint density at radius 1 is 1.10 bits per heavy atom. The van der Waals surface area contributed by atoms with E-state index >= 15 is 0 Å². The second-order valence-electron chi connectivity index (χ2n) is 4.76. The molecule has 0 radical (unpaired) electrons. The molecule has 3 aromatic rings. The van der Waals surface area contributed by atoms with E-state index in [9.17, 15) is 4.79 Å². The van der Waals surface area contributed by atoms with Crippen molar-refractivity contribution in [2.75, 3.05) is 7.11 Å². The maximum absolute atomic E-state index is 12.3. The second kappa shape index (κ2) is 5.52. The van der Waals surface area contributed by atoms with Gasteiger partial charge in [0.25, 0.3) is 0 Å². The minimum atomic E-state index is -0.325. The Labute approximate surface area is 135 Å². The Kier molecular flexibility index (Phi) is 3.71. The van der Waals surface area contributed by atoms with E-state index in [0.717, 1.165) is 20.1 Å². The Bertz CT molecular complexity index is 864. The van der Waals surface area contributed by atoms with Crippen molar-refractivity contribution in [2.24, 2.45) is 0 Å². The van der Waals surface area contributed by atoms with Crippen LogP contribution in [0.3, 0.4) is 0 Å². The van der Waals surface area contributed by atoms with E-state index in [0.29, 0.717) is 16.9 Å². The van der Waals surface area contributed by atoms with E-state index in [1.807, 2.05) is 43.3 Å². The topological polar surface area (TPSA) is 39.4 Å². The zero-order valence-electron chi connectivity index (χ0n) is 11.6. The first kappa shape index (κ1) is 14.1. The highest BCUT2D eigenvalue weighted by molar-refractivity contribution is 14.1. The van der Waals surface area contributed by atoms with Gasteiger partial charge >= 0.3 is 5.63 Å². The molecule has 0 spiro atoms. The molecule has 0 N–H and O–H groups in total. The van der Waals surface area contributed by atoms with Crippen molar-refractivity contribution in [3.05, 3.63) is 62.0 Å². The van der Waals surface area contributed by atoms with Crippen LogP contribution in [0.1, 0.15) is 5.56 Å². The number of hydrogen-bond acceptors (Lipinski definition) is 3. The lowest BCUT2D eigenvalue weighted by Crippen LogP contribution is -2.06. The van der Waals surface area contributed by atoms with E-state index in [1.165, 1.54) is 0 Å². The molecule has 0 atom stereocenters. The average Bonchev–Trinajstić information content (AvgIpc) is 2.48. The first-order valence-corrected chi connectivity index (χ1v) is 7.55. The number of methoxy groups -OCH3 is 1. The van der Waals surface area contributed by atoms with Gasteiger partial charge in [0.05, 0.1) is 12.7 Å². The highest BCUT2D eigenvalue weighted by atomic mass is 127. The lowest BCUT2D eigenvalue weighted by atomic mass is 10.00. The normalized spacial score (nSPS) is 10.8. The molecule has 1 heterocycles. The molecule has 3 nitrogen and oxygen atoms in total. The van der Waals surface area contributed by atoms with Crippen LogP contribution in [-0.4, -0.2) is 7.11 Å². The molecular weight excluding hydrogens is 379 g/mol. The molecule has 21 heavy (non-hydrogen) atoms. The SMILES string of the molecule is COc1ccc2c(C)c(-c3ccc(I)cc3)c(=O)oc2c1. The van der Waals surface area contributed by atoms with E-state index in [-0.39, 0.29) is 5.63 Å². The molecule has 4 heteroatoms. The molecular formula is C17H13IO3. The molecule has 0 aliphatic rings. The summed E-state index contributed by atoms with van der Waals surface area (Å²) in [5.74, 6) is 0.673. The lowest BCUT2D eigenvalue weighted by molar-refractivity contribution is 0.414. The van der Waals surface area contributed by atoms with Crippen LogP contribution in [0.5, 0.6) is 5.75 Å². The summed E-state index contributed by atoms with van der Waals surface area (Å²) in [5, 5.41) is 0.920. The number of ether oxygens (including phenoxy) is 1. The van der Waals surface area contributed by atoms with Gasteiger partial charge in [0.2, 0.25) is 0 Å². The number of rotatable bonds is 2. The average molecular weight is 392 g/mol. The molecule has 0 aliphatic carbocycles. The minimum absolute atomic E-state index is 0.325. The van der Waals surface area contributed by atoms with Crippen LogP contribution >= 0.6 is 22.6 Å². The van der Waals surface area contributed by atoms with E-state index in [1.54, 1.807) is 13.2 Å². The molecule has 0 fully saturated rings. The van der Waals surface area contributed by atoms with Gasteiger partial charge in [0, 0.05) is 15.0 Å². The number of aryl methyl sites for hydroxylation is 1. The van der Waals surface area contributed by atoms with Crippen LogP contribution in [-0.2, 0) is 0 Å². The van der Waals surface area contributed by atoms with Crippen molar-refractivity contribution in [3.8, 4) is 16.9 Å². The van der Waals surface area contributed by atoms with E-state index in [4.69, 9.17) is 9.15 Å². The summed E-state index contributed by atoms with van der Waals surface area (Å²) in [6.45, 7) is 1.94. The van der Waals surface area contributed by atoms with Gasteiger partial charge in [-0.2, -0.15) is 0 Å². The Morgan fingerprint density at radius 3 is 2.48 bits per heavy atom. The van der Waals surface area contributed by atoms with Crippen LogP contribution in [0.15, 0.2) is 51.7 Å². The first-order valence-electron chi connectivity index (χ1n) is 6.47. The Balaban J connectivity index is 2.29. The monoisotopic (exact) mass is 392 g/mol. The highest BCUT2D eigenvalue weighted by Crippen LogP contribution is 2.29. The van der Waals surface area contributed by atoms with Crippen LogP contribution in [0.4, 0.5) is 0 Å².